The van der Waals surface area contributed by atoms with Gasteiger partial charge in [-0.3, -0.25) is 15.1 Å². The molecular weight excluding hydrogens is 585 g/mol. The summed E-state index contributed by atoms with van der Waals surface area (Å²) in [7, 11) is 1.46. The molecule has 0 saturated heterocycles. The Morgan fingerprint density at radius 2 is 1.76 bits per heavy atom. The summed E-state index contributed by atoms with van der Waals surface area (Å²) in [5.41, 5.74) is 10.8. The number of aliphatic hydroxyl groups excluding tert-OH is 1. The molecule has 1 aromatic heterocycles. The highest BCUT2D eigenvalue weighted by molar-refractivity contribution is 7.79. The van der Waals surface area contributed by atoms with E-state index in [-0.39, 0.29) is 22.0 Å². The van der Waals surface area contributed by atoms with Crippen LogP contribution in [0.25, 0.3) is 28.1 Å². The van der Waals surface area contributed by atoms with Crippen LogP contribution in [0.1, 0.15) is 11.3 Å². The van der Waals surface area contributed by atoms with Crippen molar-refractivity contribution in [3.8, 4) is 28.1 Å². The highest BCUT2D eigenvalue weighted by Gasteiger charge is 2.42. The van der Waals surface area contributed by atoms with Crippen molar-refractivity contribution in [3.63, 3.8) is 0 Å². The molecule has 0 saturated carbocycles. The molecule has 9 nitrogen and oxygen atoms in total. The molecule has 0 fully saturated rings. The number of aryl methyl sites for hydroxylation is 1. The van der Waals surface area contributed by atoms with E-state index in [2.05, 4.69) is 15.3 Å². The smallest absolute Gasteiger partial charge is 0.406 e. The fourth-order valence-electron chi connectivity index (χ4n) is 4.64. The molecule has 1 aliphatic rings. The van der Waals surface area contributed by atoms with Crippen molar-refractivity contribution in [2.24, 2.45) is 12.8 Å². The van der Waals surface area contributed by atoms with Gasteiger partial charge in [-0.2, -0.15) is 13.9 Å². The van der Waals surface area contributed by atoms with E-state index in [4.69, 9.17) is 5.73 Å². The van der Waals surface area contributed by atoms with Gasteiger partial charge in [0.05, 0.1) is 22.0 Å². The first-order chi connectivity index (χ1) is 19.8. The number of nitrogens with two attached hydrogens (primary N) is 1. The number of aliphatic hydroxyl groups is 1. The number of halogens is 5. The summed E-state index contributed by atoms with van der Waals surface area (Å²) in [5, 5.41) is 14.7. The topological polar surface area (TPSA) is 126 Å². The Labute approximate surface area is 237 Å². The van der Waals surface area contributed by atoms with Crippen LogP contribution in [-0.4, -0.2) is 36.6 Å². The van der Waals surface area contributed by atoms with E-state index >= 15 is 0 Å². The van der Waals surface area contributed by atoms with E-state index in [0.29, 0.717) is 27.9 Å². The second kappa shape index (κ2) is 10.7. The van der Waals surface area contributed by atoms with Gasteiger partial charge in [-0.05, 0) is 59.7 Å². The summed E-state index contributed by atoms with van der Waals surface area (Å²) in [6.07, 6.45) is -3.76. The Morgan fingerprint density at radius 3 is 2.38 bits per heavy atom. The van der Waals surface area contributed by atoms with E-state index in [1.54, 1.807) is 30.3 Å². The number of nitrogens with zero attached hydrogens (tertiary/aromatic N) is 3. The summed E-state index contributed by atoms with van der Waals surface area (Å²) in [5.74, 6) is -4.19. The number of hydrazine groups is 1. The van der Waals surface area contributed by atoms with Gasteiger partial charge in [0.2, 0.25) is 0 Å². The normalized spacial score (nSPS) is 14.2. The first-order valence-electron chi connectivity index (χ1n) is 12.1. The number of nitrogens with one attached hydrogen (secondary N) is 1. The molecule has 0 radical (unpaired) electrons. The van der Waals surface area contributed by atoms with Crippen LogP contribution in [0.5, 0.6) is 5.75 Å². The van der Waals surface area contributed by atoms with Gasteiger partial charge in [0.1, 0.15) is 18.0 Å². The van der Waals surface area contributed by atoms with Gasteiger partial charge in [0, 0.05) is 24.4 Å². The quantitative estimate of drug-likeness (QED) is 0.162. The molecule has 1 unspecified atom stereocenters. The van der Waals surface area contributed by atoms with Crippen LogP contribution >= 0.6 is 0 Å². The lowest BCUT2D eigenvalue weighted by Crippen LogP contribution is -2.33. The lowest BCUT2D eigenvalue weighted by atomic mass is 9.97. The number of ether oxygens (including phenoxy) is 1. The Hall–Kier alpha value is -4.47. The summed E-state index contributed by atoms with van der Waals surface area (Å²) < 4.78 is 94.0. The van der Waals surface area contributed by atoms with Gasteiger partial charge in [0.15, 0.2) is 16.8 Å². The van der Waals surface area contributed by atoms with Crippen LogP contribution in [-0.2, 0) is 24.1 Å². The second-order valence-corrected chi connectivity index (χ2v) is 10.1. The molecule has 0 aliphatic carbocycles. The minimum absolute atomic E-state index is 0.120. The Balaban J connectivity index is 1.68. The van der Waals surface area contributed by atoms with Crippen molar-refractivity contribution in [2.75, 3.05) is 17.0 Å². The zero-order valence-electron chi connectivity index (χ0n) is 21.6. The number of aromatic nitrogens is 2. The summed E-state index contributed by atoms with van der Waals surface area (Å²) in [4.78, 5) is 0.161. The van der Waals surface area contributed by atoms with E-state index < -0.39 is 41.4 Å². The number of alkyl halides is 5. The number of rotatable bonds is 7. The fraction of sp³-hybridized carbons (Fsp3) is 0.148. The number of benzene rings is 3. The molecule has 0 bridgehead atoms. The maximum Gasteiger partial charge on any atom is 0.573 e. The minimum Gasteiger partial charge on any atom is -0.406 e. The van der Waals surface area contributed by atoms with Gasteiger partial charge in [0.25, 0.3) is 0 Å². The zero-order chi connectivity index (χ0) is 30.4. The molecule has 0 amide bonds. The van der Waals surface area contributed by atoms with Crippen LogP contribution in [0.3, 0.4) is 0 Å². The maximum atomic E-state index is 14.8. The molecule has 1 atom stereocenters. The molecule has 42 heavy (non-hydrogen) atoms. The first kappa shape index (κ1) is 29.0. The fourth-order valence-corrected chi connectivity index (χ4v) is 5.06. The lowest BCUT2D eigenvalue weighted by molar-refractivity contribution is -0.274. The van der Waals surface area contributed by atoms with Crippen LogP contribution in [0.4, 0.5) is 33.3 Å². The van der Waals surface area contributed by atoms with Crippen molar-refractivity contribution in [1.82, 2.24) is 9.78 Å². The standard InChI is InChI=1S/C27H22F5N5O4S/c1-36-24-20-10-7-17(16-3-2-4-19(11-16)42(39)40)12-21(20)37(34-23(24)25(35-36)26(28,29)14-38)22(13-33)15-5-8-18(9-6-15)41-27(30,31)32/h2-13,34,38H,14,33H2,1H3,(H,39,40)/b22-13-. The molecule has 4 aromatic rings. The van der Waals surface area contributed by atoms with Gasteiger partial charge >= 0.3 is 12.3 Å². The number of hydrogen-bond acceptors (Lipinski definition) is 7. The summed E-state index contributed by atoms with van der Waals surface area (Å²) in [6.45, 7) is -1.51. The first-order valence-corrected chi connectivity index (χ1v) is 13.2. The number of anilines is 2. The molecule has 2 heterocycles. The van der Waals surface area contributed by atoms with Crippen LogP contribution in [0, 0.1) is 0 Å². The van der Waals surface area contributed by atoms with Crippen molar-refractivity contribution < 1.29 is 40.6 Å². The summed E-state index contributed by atoms with van der Waals surface area (Å²) in [6, 6.07) is 16.1. The third kappa shape index (κ3) is 5.41. The van der Waals surface area contributed by atoms with E-state index in [9.17, 15) is 35.8 Å². The number of fused-ring (bicyclic) bond motifs is 3. The molecular formula is C27H22F5N5O4S. The minimum atomic E-state index is -4.90. The van der Waals surface area contributed by atoms with Gasteiger partial charge in [-0.1, -0.05) is 18.2 Å². The molecule has 5 N–H and O–H groups in total. The van der Waals surface area contributed by atoms with Crippen LogP contribution < -0.4 is 20.9 Å². The average molecular weight is 608 g/mol. The Morgan fingerprint density at radius 1 is 1.07 bits per heavy atom. The lowest BCUT2D eigenvalue weighted by Gasteiger charge is -2.35. The highest BCUT2D eigenvalue weighted by atomic mass is 32.2. The average Bonchev–Trinajstić information content (AvgIpc) is 3.30. The molecule has 5 rings (SSSR count). The van der Waals surface area contributed by atoms with E-state index in [1.807, 2.05) is 0 Å². The van der Waals surface area contributed by atoms with Crippen LogP contribution in [0.2, 0.25) is 0 Å². The van der Waals surface area contributed by atoms with E-state index in [0.717, 1.165) is 18.3 Å². The Kier molecular flexibility index (Phi) is 7.42. The number of hydrogen-bond donors (Lipinski definition) is 4. The monoisotopic (exact) mass is 607 g/mol. The SMILES string of the molecule is Cn1nc(C(F)(F)CO)c2c1-c1ccc(-c3cccc(S(=O)O)c3)cc1N(/C(=C\N)c1ccc(OC(F)(F)F)cc1)N2. The molecule has 220 valence electrons. The third-order valence-electron chi connectivity index (χ3n) is 6.46. The molecule has 15 heteroatoms. The van der Waals surface area contributed by atoms with Crippen LogP contribution in [0.15, 0.2) is 77.8 Å². The predicted octanol–water partition coefficient (Wildman–Crippen LogP) is 5.42. The molecule has 3 aromatic carbocycles. The van der Waals surface area contributed by atoms with Crippen molar-refractivity contribution in [3.05, 3.63) is 84.2 Å². The highest BCUT2D eigenvalue weighted by Crippen LogP contribution is 2.48. The molecule has 1 aliphatic heterocycles. The maximum absolute atomic E-state index is 14.8. The molecule has 0 spiro atoms. The summed E-state index contributed by atoms with van der Waals surface area (Å²) >= 11 is -2.24. The Bertz CT molecular complexity index is 1710. The van der Waals surface area contributed by atoms with Gasteiger partial charge < -0.3 is 20.1 Å². The van der Waals surface area contributed by atoms with Crippen molar-refractivity contribution in [2.45, 2.75) is 17.2 Å². The largest absolute Gasteiger partial charge is 0.573 e. The van der Waals surface area contributed by atoms with Gasteiger partial charge in [-0.15, -0.1) is 13.2 Å². The van der Waals surface area contributed by atoms with Gasteiger partial charge in [-0.25, -0.2) is 4.21 Å². The third-order valence-corrected chi connectivity index (χ3v) is 7.12. The van der Waals surface area contributed by atoms with Crippen molar-refractivity contribution >= 4 is 28.2 Å². The van der Waals surface area contributed by atoms with Crippen molar-refractivity contribution in [1.29, 1.82) is 0 Å². The predicted molar refractivity (Wildman–Crippen MR) is 145 cm³/mol. The second-order valence-electron chi connectivity index (χ2n) is 9.14. The zero-order valence-corrected chi connectivity index (χ0v) is 22.4. The van der Waals surface area contributed by atoms with E-state index in [1.165, 1.54) is 41.0 Å².